The molecule has 2 bridgehead atoms. The van der Waals surface area contributed by atoms with Gasteiger partial charge in [-0.25, -0.2) is 4.99 Å². The first-order chi connectivity index (χ1) is 29.7. The van der Waals surface area contributed by atoms with Crippen molar-refractivity contribution < 1.29 is 57.3 Å². The number of nitrogens with zero attached hydrogens (tertiary/aromatic N) is 5. The molecule has 17 nitrogen and oxygen atoms in total. The van der Waals surface area contributed by atoms with Crippen molar-refractivity contribution in [2.45, 2.75) is 149 Å². The minimum atomic E-state index is -1.87. The molecular formula is C46H67N5O12. The molecular weight excluding hydrogens is 815 g/mol. The first-order valence-electron chi connectivity index (χ1n) is 22.0. The summed E-state index contributed by atoms with van der Waals surface area (Å²) in [5.74, 6) is -5.26. The largest absolute Gasteiger partial charge is 0.459 e. The van der Waals surface area contributed by atoms with E-state index >= 15 is 0 Å². The van der Waals surface area contributed by atoms with E-state index in [1.54, 1.807) is 32.2 Å². The zero-order chi connectivity index (χ0) is 46.4. The molecule has 2 aromatic heterocycles. The van der Waals surface area contributed by atoms with E-state index in [-0.39, 0.29) is 62.7 Å². The monoisotopic (exact) mass is 881 g/mol. The van der Waals surface area contributed by atoms with Crippen molar-refractivity contribution >= 4 is 34.9 Å². The van der Waals surface area contributed by atoms with Crippen LogP contribution >= 0.6 is 0 Å². The molecule has 0 spiro atoms. The van der Waals surface area contributed by atoms with E-state index in [9.17, 15) is 24.3 Å². The molecule has 17 heteroatoms. The number of Topliss-reactive ketones (excluding diaryl/α,β-unsaturated/α-hetero) is 2. The molecule has 0 unspecified atom stereocenters. The number of rotatable bonds is 10. The van der Waals surface area contributed by atoms with Crippen LogP contribution in [-0.2, 0) is 54.3 Å². The SMILES string of the molecule is CC[C@H]1OC(=O)[C@H](C)C(=O)[C@H](C)[C@@H](O[C@@H]2O[C@H](C)C[C@H](N(C)C)[C@H]2CC(C)=O)[C@@]2(C)C[C@@H](C)/C(=N\C(C)=O)[C@H](C)[C@@H](OCC(=NOCc3ccc(-c4ccno4)nc3)CO2)[C@]1(C)O. The molecule has 3 fully saturated rings. The Hall–Kier alpha value is -4.26. The summed E-state index contributed by atoms with van der Waals surface area (Å²) in [6.07, 6.45) is -0.318. The first-order valence-corrected chi connectivity index (χ1v) is 22.0. The van der Waals surface area contributed by atoms with Gasteiger partial charge in [0.1, 0.15) is 41.4 Å². The lowest BCUT2D eigenvalue weighted by Crippen LogP contribution is -2.59. The van der Waals surface area contributed by atoms with Crippen molar-refractivity contribution in [3.63, 3.8) is 0 Å². The number of esters is 1. The Morgan fingerprint density at radius 3 is 2.37 bits per heavy atom. The fraction of sp³-hybridized carbons (Fsp3) is 0.696. The van der Waals surface area contributed by atoms with E-state index in [1.807, 2.05) is 47.9 Å². The van der Waals surface area contributed by atoms with Crippen molar-refractivity contribution in [3.8, 4) is 11.5 Å². The van der Waals surface area contributed by atoms with Crippen LogP contribution in [0.3, 0.4) is 0 Å². The predicted octanol–water partition coefficient (Wildman–Crippen LogP) is 5.41. The van der Waals surface area contributed by atoms with E-state index in [0.29, 0.717) is 29.2 Å². The van der Waals surface area contributed by atoms with Gasteiger partial charge in [-0.05, 0) is 80.0 Å². The molecule has 0 aromatic carbocycles. The number of ether oxygens (including phenoxy) is 5. The molecule has 0 radical (unpaired) electrons. The Balaban J connectivity index is 1.66. The summed E-state index contributed by atoms with van der Waals surface area (Å²) in [6, 6.07) is 5.20. The number of carbonyl (C=O) groups is 4. The van der Waals surface area contributed by atoms with Crippen LogP contribution in [0.15, 0.2) is 45.3 Å². The van der Waals surface area contributed by atoms with Crippen molar-refractivity contribution in [1.82, 2.24) is 15.0 Å². The smallest absolute Gasteiger partial charge is 0.316 e. The lowest BCUT2D eigenvalue weighted by molar-refractivity contribution is -0.284. The van der Waals surface area contributed by atoms with Crippen LogP contribution in [0.2, 0.25) is 0 Å². The highest BCUT2D eigenvalue weighted by atomic mass is 16.7. The normalized spacial score (nSPS) is 36.3. The van der Waals surface area contributed by atoms with Crippen LogP contribution in [-0.4, -0.2) is 130 Å². The number of ketones is 2. The Kier molecular flexibility index (Phi) is 16.7. The van der Waals surface area contributed by atoms with E-state index in [2.05, 4.69) is 25.2 Å². The number of hydrogen-bond acceptors (Lipinski definition) is 16. The number of aliphatic hydroxyl groups is 1. The van der Waals surface area contributed by atoms with Gasteiger partial charge < -0.3 is 47.8 Å². The maximum atomic E-state index is 14.7. The highest BCUT2D eigenvalue weighted by Crippen LogP contribution is 2.41. The number of hydrogen-bond donors (Lipinski definition) is 1. The summed E-state index contributed by atoms with van der Waals surface area (Å²) < 4.78 is 38.4. The molecule has 0 saturated carbocycles. The quantitative estimate of drug-likeness (QED) is 0.180. The molecule has 1 N–H and O–H groups in total. The number of pyridine rings is 1. The molecule has 3 aliphatic rings. The predicted molar refractivity (Wildman–Crippen MR) is 231 cm³/mol. The number of amides is 1. The van der Waals surface area contributed by atoms with Gasteiger partial charge in [-0.1, -0.05) is 44.1 Å². The molecule has 63 heavy (non-hydrogen) atoms. The average Bonchev–Trinajstić information content (AvgIpc) is 3.76. The molecule has 3 aliphatic heterocycles. The lowest BCUT2D eigenvalue weighted by Gasteiger charge is -2.48. The second kappa shape index (κ2) is 21.2. The zero-order valence-corrected chi connectivity index (χ0v) is 38.9. The Morgan fingerprint density at radius 2 is 1.76 bits per heavy atom. The maximum absolute atomic E-state index is 14.7. The Bertz CT molecular complexity index is 1950. The number of carbonyl (C=O) groups excluding carboxylic acids is 4. The molecule has 0 aliphatic carbocycles. The van der Waals surface area contributed by atoms with E-state index in [0.717, 1.165) is 0 Å². The third kappa shape index (κ3) is 11.9. The van der Waals surface area contributed by atoms with Gasteiger partial charge in [0.15, 0.2) is 17.8 Å². The minimum absolute atomic E-state index is 0.0270. The third-order valence-electron chi connectivity index (χ3n) is 12.8. The molecule has 5 heterocycles. The Labute approximate surface area is 370 Å². The van der Waals surface area contributed by atoms with Gasteiger partial charge in [0.25, 0.3) is 0 Å². The first kappa shape index (κ1) is 49.8. The van der Waals surface area contributed by atoms with Gasteiger partial charge in [-0.3, -0.25) is 19.4 Å². The van der Waals surface area contributed by atoms with Crippen LogP contribution in [0.4, 0.5) is 0 Å². The van der Waals surface area contributed by atoms with Crippen LogP contribution in [0.5, 0.6) is 0 Å². The number of oxime groups is 1. The summed E-state index contributed by atoms with van der Waals surface area (Å²) in [6.45, 7) is 16.4. The van der Waals surface area contributed by atoms with E-state index in [1.165, 1.54) is 33.9 Å². The van der Waals surface area contributed by atoms with Gasteiger partial charge in [-0.15, -0.1) is 0 Å². The summed E-state index contributed by atoms with van der Waals surface area (Å²) >= 11 is 0. The number of aromatic nitrogens is 2. The standard InChI is InChI=1S/C46H67N5O12/c1-13-38-46(10,56)42-28(5)39(49-31(8)53)25(2)20-45(9,58-24-33(23-57-42)50-59-22-32-14-15-35(47-21-32)37-16-17-48-63-37)41(29(6)40(54)30(7)43(55)61-38)62-44-34(18-26(3)52)36(51(11)12)19-27(4)60-44/h14-17,21,25,27-30,34,36,38,41-42,44,56H,13,18-20,22-24H2,1-12H3/b49-39+,50-33?/t25-,27-,28+,29+,30-,34-,36+,38-,41-,42-,44+,45-,46-/m1/s1. The second-order valence-corrected chi connectivity index (χ2v) is 18.3. The van der Waals surface area contributed by atoms with Crippen molar-refractivity contribution in [3.05, 3.63) is 36.2 Å². The molecule has 2 aromatic rings. The van der Waals surface area contributed by atoms with Crippen LogP contribution in [0.25, 0.3) is 11.5 Å². The molecule has 348 valence electrons. The summed E-state index contributed by atoms with van der Waals surface area (Å²) in [5, 5.41) is 20.7. The van der Waals surface area contributed by atoms with Crippen molar-refractivity contribution in [2.24, 2.45) is 39.7 Å². The van der Waals surface area contributed by atoms with Crippen LogP contribution < -0.4 is 0 Å². The number of aliphatic imine (C=N–C) groups is 1. The topological polar surface area (TPSA) is 211 Å². The number of fused-ring (bicyclic) bond motifs is 5. The molecule has 1 amide bonds. The number of cyclic esters (lactones) is 1. The van der Waals surface area contributed by atoms with Gasteiger partial charge in [0.2, 0.25) is 5.91 Å². The summed E-state index contributed by atoms with van der Waals surface area (Å²) in [5.41, 5.74) is -1.26. The fourth-order valence-corrected chi connectivity index (χ4v) is 9.53. The average molecular weight is 882 g/mol. The third-order valence-corrected chi connectivity index (χ3v) is 12.8. The molecule has 5 rings (SSSR count). The van der Waals surface area contributed by atoms with Crippen LogP contribution in [0, 0.1) is 29.6 Å². The summed E-state index contributed by atoms with van der Waals surface area (Å²) in [4.78, 5) is 71.4. The van der Waals surface area contributed by atoms with Crippen molar-refractivity contribution in [2.75, 3.05) is 27.3 Å². The molecule has 3 saturated heterocycles. The van der Waals surface area contributed by atoms with Gasteiger partial charge in [0.05, 0.1) is 43.3 Å². The zero-order valence-electron chi connectivity index (χ0n) is 38.9. The summed E-state index contributed by atoms with van der Waals surface area (Å²) in [7, 11) is 3.90. The van der Waals surface area contributed by atoms with Gasteiger partial charge >= 0.3 is 5.97 Å². The van der Waals surface area contributed by atoms with Gasteiger partial charge in [-0.2, -0.15) is 0 Å². The highest BCUT2D eigenvalue weighted by Gasteiger charge is 2.53. The second-order valence-electron chi connectivity index (χ2n) is 18.3. The minimum Gasteiger partial charge on any atom is -0.459 e. The van der Waals surface area contributed by atoms with E-state index < -0.39 is 83.1 Å². The molecule has 13 atom stereocenters. The maximum Gasteiger partial charge on any atom is 0.316 e. The highest BCUT2D eigenvalue weighted by molar-refractivity contribution is 6.00. The van der Waals surface area contributed by atoms with Crippen LogP contribution in [0.1, 0.15) is 100 Å². The van der Waals surface area contributed by atoms with Gasteiger partial charge in [0, 0.05) is 60.7 Å². The Morgan fingerprint density at radius 1 is 1.03 bits per heavy atom. The fourth-order valence-electron chi connectivity index (χ4n) is 9.53. The van der Waals surface area contributed by atoms with Crippen molar-refractivity contribution in [1.29, 1.82) is 0 Å². The lowest BCUT2D eigenvalue weighted by atomic mass is 9.73. The van der Waals surface area contributed by atoms with E-state index in [4.69, 9.17) is 33.0 Å².